The number of para-hydroxylation sites is 1. The fourth-order valence-corrected chi connectivity index (χ4v) is 1.91. The molecule has 0 aromatic heterocycles. The lowest BCUT2D eigenvalue weighted by Crippen LogP contribution is -2.17. The van der Waals surface area contributed by atoms with Crippen molar-refractivity contribution in [1.82, 2.24) is 5.43 Å². The maximum absolute atomic E-state index is 12.0. The number of nitrogens with zero attached hydrogens (tertiary/aromatic N) is 1. The highest BCUT2D eigenvalue weighted by Gasteiger charge is 2.04. The van der Waals surface area contributed by atoms with Gasteiger partial charge in [-0.1, -0.05) is 43.7 Å². The summed E-state index contributed by atoms with van der Waals surface area (Å²) in [6, 6.07) is 15.0. The summed E-state index contributed by atoms with van der Waals surface area (Å²) in [6.45, 7) is 6.81. The van der Waals surface area contributed by atoms with E-state index in [4.69, 9.17) is 4.74 Å². The third-order valence-electron chi connectivity index (χ3n) is 3.17. The molecule has 2 rings (SSSR count). The van der Waals surface area contributed by atoms with E-state index in [0.717, 1.165) is 16.9 Å². The van der Waals surface area contributed by atoms with Gasteiger partial charge in [-0.2, -0.15) is 5.10 Å². The number of ether oxygens (including phenoxy) is 1. The summed E-state index contributed by atoms with van der Waals surface area (Å²) >= 11 is 0. The Labute approximate surface area is 137 Å². The Hall–Kier alpha value is -2.62. The fourth-order valence-electron chi connectivity index (χ4n) is 1.91. The van der Waals surface area contributed by atoms with E-state index in [2.05, 4.69) is 24.4 Å². The predicted octanol–water partition coefficient (Wildman–Crippen LogP) is 3.79. The number of benzene rings is 2. The van der Waals surface area contributed by atoms with Crippen molar-refractivity contribution in [2.45, 2.75) is 20.8 Å². The van der Waals surface area contributed by atoms with E-state index in [9.17, 15) is 4.79 Å². The summed E-state index contributed by atoms with van der Waals surface area (Å²) < 4.78 is 5.75. The fraction of sp³-hybridized carbons (Fsp3) is 0.263. The SMILES string of the molecule is Cc1ccc(C(=O)N/N=C\c2ccccc2OCC(C)C)cc1. The zero-order chi connectivity index (χ0) is 16.7. The number of carbonyl (C=O) groups excluding carboxylic acids is 1. The van der Waals surface area contributed by atoms with Gasteiger partial charge in [0, 0.05) is 11.1 Å². The number of hydrazone groups is 1. The van der Waals surface area contributed by atoms with Crippen molar-refractivity contribution in [1.29, 1.82) is 0 Å². The molecule has 0 saturated heterocycles. The highest BCUT2D eigenvalue weighted by molar-refractivity contribution is 5.95. The second-order valence-electron chi connectivity index (χ2n) is 5.81. The molecule has 0 fully saturated rings. The predicted molar refractivity (Wildman–Crippen MR) is 93.0 cm³/mol. The molecule has 4 nitrogen and oxygen atoms in total. The zero-order valence-corrected chi connectivity index (χ0v) is 13.7. The minimum Gasteiger partial charge on any atom is -0.493 e. The molecule has 4 heteroatoms. The molecule has 2 aromatic rings. The first-order chi connectivity index (χ1) is 11.1. The molecule has 0 aliphatic carbocycles. The van der Waals surface area contributed by atoms with Crippen LogP contribution in [0.4, 0.5) is 0 Å². The average Bonchev–Trinajstić information content (AvgIpc) is 2.54. The quantitative estimate of drug-likeness (QED) is 0.652. The summed E-state index contributed by atoms with van der Waals surface area (Å²) in [6.07, 6.45) is 1.60. The topological polar surface area (TPSA) is 50.7 Å². The van der Waals surface area contributed by atoms with Crippen LogP contribution in [0.1, 0.15) is 35.3 Å². The monoisotopic (exact) mass is 310 g/mol. The van der Waals surface area contributed by atoms with Crippen LogP contribution in [-0.4, -0.2) is 18.7 Å². The molecule has 1 amide bonds. The van der Waals surface area contributed by atoms with Crippen molar-refractivity contribution in [3.63, 3.8) is 0 Å². The number of hydrogen-bond donors (Lipinski definition) is 1. The summed E-state index contributed by atoms with van der Waals surface area (Å²) in [5.74, 6) is 0.970. The van der Waals surface area contributed by atoms with Gasteiger partial charge in [0.05, 0.1) is 12.8 Å². The molecule has 120 valence electrons. The molecule has 0 aliphatic heterocycles. The number of nitrogens with one attached hydrogen (secondary N) is 1. The van der Waals surface area contributed by atoms with Crippen LogP contribution in [0.5, 0.6) is 5.75 Å². The lowest BCUT2D eigenvalue weighted by atomic mass is 10.1. The van der Waals surface area contributed by atoms with Gasteiger partial charge in [-0.05, 0) is 37.1 Å². The van der Waals surface area contributed by atoms with E-state index in [1.165, 1.54) is 0 Å². The van der Waals surface area contributed by atoms with Gasteiger partial charge in [-0.3, -0.25) is 4.79 Å². The molecular formula is C19H22N2O2. The molecule has 0 spiro atoms. The number of carbonyl (C=O) groups is 1. The first-order valence-corrected chi connectivity index (χ1v) is 7.68. The Kier molecular flexibility index (Phi) is 5.92. The number of hydrogen-bond acceptors (Lipinski definition) is 3. The van der Waals surface area contributed by atoms with Crippen molar-refractivity contribution in [3.8, 4) is 5.75 Å². The van der Waals surface area contributed by atoms with E-state index >= 15 is 0 Å². The zero-order valence-electron chi connectivity index (χ0n) is 13.7. The van der Waals surface area contributed by atoms with Gasteiger partial charge in [-0.25, -0.2) is 5.43 Å². The first-order valence-electron chi connectivity index (χ1n) is 7.68. The first kappa shape index (κ1) is 16.7. The van der Waals surface area contributed by atoms with Crippen molar-refractivity contribution >= 4 is 12.1 Å². The van der Waals surface area contributed by atoms with Gasteiger partial charge in [0.15, 0.2) is 0 Å². The summed E-state index contributed by atoms with van der Waals surface area (Å²) in [4.78, 5) is 12.0. The molecule has 0 bridgehead atoms. The van der Waals surface area contributed by atoms with E-state index < -0.39 is 0 Å². The Balaban J connectivity index is 2.00. The van der Waals surface area contributed by atoms with Crippen molar-refractivity contribution < 1.29 is 9.53 Å². The van der Waals surface area contributed by atoms with Crippen LogP contribution in [0.2, 0.25) is 0 Å². The Morgan fingerprint density at radius 3 is 2.57 bits per heavy atom. The molecule has 0 atom stereocenters. The van der Waals surface area contributed by atoms with Gasteiger partial charge in [-0.15, -0.1) is 0 Å². The van der Waals surface area contributed by atoms with Crippen molar-refractivity contribution in [2.24, 2.45) is 11.0 Å². The smallest absolute Gasteiger partial charge is 0.271 e. The second kappa shape index (κ2) is 8.13. The lowest BCUT2D eigenvalue weighted by molar-refractivity contribution is 0.0955. The molecule has 23 heavy (non-hydrogen) atoms. The van der Waals surface area contributed by atoms with E-state index in [1.807, 2.05) is 43.3 Å². The minimum atomic E-state index is -0.234. The molecule has 1 N–H and O–H groups in total. The molecule has 0 aliphatic rings. The summed E-state index contributed by atoms with van der Waals surface area (Å²) in [7, 11) is 0. The van der Waals surface area contributed by atoms with E-state index in [1.54, 1.807) is 18.3 Å². The van der Waals surface area contributed by atoms with E-state index in [-0.39, 0.29) is 5.91 Å². The normalized spacial score (nSPS) is 11.0. The molecule has 0 saturated carbocycles. The van der Waals surface area contributed by atoms with Crippen LogP contribution in [0, 0.1) is 12.8 Å². The number of amides is 1. The van der Waals surface area contributed by atoms with Crippen molar-refractivity contribution in [2.75, 3.05) is 6.61 Å². The van der Waals surface area contributed by atoms with Crippen LogP contribution in [0.15, 0.2) is 53.6 Å². The summed E-state index contributed by atoms with van der Waals surface area (Å²) in [5.41, 5.74) is 5.06. The minimum absolute atomic E-state index is 0.234. The Bertz CT molecular complexity index is 676. The van der Waals surface area contributed by atoms with Crippen LogP contribution < -0.4 is 10.2 Å². The highest BCUT2D eigenvalue weighted by Crippen LogP contribution is 2.16. The van der Waals surface area contributed by atoms with Crippen LogP contribution >= 0.6 is 0 Å². The molecular weight excluding hydrogens is 288 g/mol. The lowest BCUT2D eigenvalue weighted by Gasteiger charge is -2.10. The van der Waals surface area contributed by atoms with Crippen LogP contribution in [-0.2, 0) is 0 Å². The van der Waals surface area contributed by atoms with Crippen LogP contribution in [0.3, 0.4) is 0 Å². The van der Waals surface area contributed by atoms with Crippen LogP contribution in [0.25, 0.3) is 0 Å². The third-order valence-corrected chi connectivity index (χ3v) is 3.17. The molecule has 0 radical (unpaired) electrons. The molecule has 0 unspecified atom stereocenters. The second-order valence-corrected chi connectivity index (χ2v) is 5.81. The maximum Gasteiger partial charge on any atom is 0.271 e. The van der Waals surface area contributed by atoms with Gasteiger partial charge >= 0.3 is 0 Å². The standard InChI is InChI=1S/C19H22N2O2/c1-14(2)13-23-18-7-5-4-6-17(18)12-20-21-19(22)16-10-8-15(3)9-11-16/h4-12,14H,13H2,1-3H3,(H,21,22)/b20-12-. The van der Waals surface area contributed by atoms with E-state index in [0.29, 0.717) is 18.1 Å². The van der Waals surface area contributed by atoms with Gasteiger partial charge in [0.25, 0.3) is 5.91 Å². The molecule has 2 aromatic carbocycles. The molecule has 0 heterocycles. The Morgan fingerprint density at radius 2 is 1.87 bits per heavy atom. The largest absolute Gasteiger partial charge is 0.493 e. The van der Waals surface area contributed by atoms with Gasteiger partial charge in [0.2, 0.25) is 0 Å². The summed E-state index contributed by atoms with van der Waals surface area (Å²) in [5, 5.41) is 4.02. The third kappa shape index (κ3) is 5.25. The average molecular weight is 310 g/mol. The van der Waals surface area contributed by atoms with Crippen molar-refractivity contribution in [3.05, 3.63) is 65.2 Å². The van der Waals surface area contributed by atoms with Gasteiger partial charge < -0.3 is 4.74 Å². The van der Waals surface area contributed by atoms with Gasteiger partial charge in [0.1, 0.15) is 5.75 Å². The maximum atomic E-state index is 12.0. The highest BCUT2D eigenvalue weighted by atomic mass is 16.5. The Morgan fingerprint density at radius 1 is 1.17 bits per heavy atom. The number of aryl methyl sites for hydroxylation is 1. The number of rotatable bonds is 6.